The first-order valence-corrected chi connectivity index (χ1v) is 6.94. The van der Waals surface area contributed by atoms with E-state index in [1.165, 1.54) is 5.56 Å². The minimum atomic E-state index is 0.338. The molecule has 1 unspecified atom stereocenters. The van der Waals surface area contributed by atoms with E-state index in [1.54, 1.807) is 6.20 Å². The second-order valence-electron chi connectivity index (χ2n) is 5.31. The molecule has 0 aliphatic carbocycles. The second kappa shape index (κ2) is 5.78. The van der Waals surface area contributed by atoms with Gasteiger partial charge in [0.05, 0.1) is 29.4 Å². The predicted molar refractivity (Wildman–Crippen MR) is 77.0 cm³/mol. The molecule has 1 aromatic carbocycles. The average molecular weight is 277 g/mol. The third-order valence-electron chi connectivity index (χ3n) is 3.84. The Hall–Kier alpha value is -2.63. The summed E-state index contributed by atoms with van der Waals surface area (Å²) >= 11 is 0. The fourth-order valence-electron chi connectivity index (χ4n) is 2.71. The van der Waals surface area contributed by atoms with Crippen LogP contribution < -0.4 is 0 Å². The standard InChI is InChI=1S/C16H15N5/c17-7-13-1-3-14(4-2-13)10-20-6-5-16(12-20)21-11-15(8-18)9-19-21/h1-4,9,11,16H,5-6,10,12H2. The van der Waals surface area contributed by atoms with E-state index >= 15 is 0 Å². The highest BCUT2D eigenvalue weighted by molar-refractivity contribution is 5.31. The second-order valence-corrected chi connectivity index (χ2v) is 5.31. The summed E-state index contributed by atoms with van der Waals surface area (Å²) < 4.78 is 1.90. The van der Waals surface area contributed by atoms with Gasteiger partial charge in [0.1, 0.15) is 6.07 Å². The van der Waals surface area contributed by atoms with Gasteiger partial charge in [0.2, 0.25) is 0 Å². The van der Waals surface area contributed by atoms with Crippen molar-refractivity contribution in [2.45, 2.75) is 19.0 Å². The summed E-state index contributed by atoms with van der Waals surface area (Å²) in [7, 11) is 0. The van der Waals surface area contributed by atoms with Gasteiger partial charge in [-0.05, 0) is 24.1 Å². The lowest BCUT2D eigenvalue weighted by Gasteiger charge is -2.16. The quantitative estimate of drug-likeness (QED) is 0.861. The van der Waals surface area contributed by atoms with Crippen molar-refractivity contribution in [3.63, 3.8) is 0 Å². The molecule has 2 aromatic rings. The summed E-state index contributed by atoms with van der Waals surface area (Å²) in [4.78, 5) is 2.37. The topological polar surface area (TPSA) is 68.6 Å². The first-order valence-electron chi connectivity index (χ1n) is 6.94. The van der Waals surface area contributed by atoms with Crippen LogP contribution in [0.5, 0.6) is 0 Å². The SMILES string of the molecule is N#Cc1ccc(CN2CCC(n3cc(C#N)cn3)C2)cc1. The monoisotopic (exact) mass is 277 g/mol. The number of nitriles is 2. The van der Waals surface area contributed by atoms with Gasteiger partial charge in [-0.2, -0.15) is 15.6 Å². The lowest BCUT2D eigenvalue weighted by Crippen LogP contribution is -2.21. The van der Waals surface area contributed by atoms with Gasteiger partial charge in [0.15, 0.2) is 0 Å². The molecule has 2 heterocycles. The zero-order valence-electron chi connectivity index (χ0n) is 11.6. The first-order chi connectivity index (χ1) is 10.3. The van der Waals surface area contributed by atoms with Gasteiger partial charge in [-0.1, -0.05) is 12.1 Å². The van der Waals surface area contributed by atoms with Gasteiger partial charge in [0.25, 0.3) is 0 Å². The molecule has 1 aliphatic heterocycles. The molecule has 5 heteroatoms. The van der Waals surface area contributed by atoms with Crippen LogP contribution in [0, 0.1) is 22.7 Å². The molecule has 21 heavy (non-hydrogen) atoms. The Morgan fingerprint density at radius 3 is 2.57 bits per heavy atom. The van der Waals surface area contributed by atoms with Crippen LogP contribution in [-0.2, 0) is 6.54 Å². The average Bonchev–Trinajstić information content (AvgIpc) is 3.16. The van der Waals surface area contributed by atoms with E-state index in [0.717, 1.165) is 26.1 Å². The molecule has 0 saturated carbocycles. The van der Waals surface area contributed by atoms with Crippen LogP contribution in [-0.4, -0.2) is 27.8 Å². The fourth-order valence-corrected chi connectivity index (χ4v) is 2.71. The third-order valence-corrected chi connectivity index (χ3v) is 3.84. The number of hydrogen-bond donors (Lipinski definition) is 0. The van der Waals surface area contributed by atoms with Gasteiger partial charge >= 0.3 is 0 Å². The van der Waals surface area contributed by atoms with E-state index in [4.69, 9.17) is 10.5 Å². The smallest absolute Gasteiger partial charge is 0.102 e. The van der Waals surface area contributed by atoms with Gasteiger partial charge in [-0.25, -0.2) is 0 Å². The molecule has 104 valence electrons. The Morgan fingerprint density at radius 2 is 1.90 bits per heavy atom. The molecule has 1 fully saturated rings. The molecule has 0 radical (unpaired) electrons. The Labute approximate surface area is 123 Å². The molecule has 1 atom stereocenters. The van der Waals surface area contributed by atoms with E-state index in [0.29, 0.717) is 17.2 Å². The zero-order chi connectivity index (χ0) is 14.7. The van der Waals surface area contributed by atoms with E-state index < -0.39 is 0 Å². The Kier molecular flexibility index (Phi) is 3.68. The minimum Gasteiger partial charge on any atom is -0.297 e. The summed E-state index contributed by atoms with van der Waals surface area (Å²) in [5, 5.41) is 21.9. The third kappa shape index (κ3) is 2.94. The maximum Gasteiger partial charge on any atom is 0.102 e. The van der Waals surface area contributed by atoms with Crippen molar-refractivity contribution in [1.29, 1.82) is 10.5 Å². The van der Waals surface area contributed by atoms with E-state index in [1.807, 2.05) is 35.1 Å². The van der Waals surface area contributed by atoms with Gasteiger partial charge in [-0.3, -0.25) is 9.58 Å². The molecule has 1 saturated heterocycles. The van der Waals surface area contributed by atoms with Crippen molar-refractivity contribution in [2.75, 3.05) is 13.1 Å². The van der Waals surface area contributed by atoms with Gasteiger partial charge in [0, 0.05) is 25.8 Å². The van der Waals surface area contributed by atoms with E-state index in [-0.39, 0.29) is 0 Å². The number of nitrogens with zero attached hydrogens (tertiary/aromatic N) is 5. The van der Waals surface area contributed by atoms with Crippen molar-refractivity contribution in [1.82, 2.24) is 14.7 Å². The fraction of sp³-hybridized carbons (Fsp3) is 0.312. The molecule has 0 bridgehead atoms. The van der Waals surface area contributed by atoms with Crippen LogP contribution in [0.15, 0.2) is 36.7 Å². The Morgan fingerprint density at radius 1 is 1.14 bits per heavy atom. The summed E-state index contributed by atoms with van der Waals surface area (Å²) in [5.74, 6) is 0. The first kappa shape index (κ1) is 13.4. The Bertz CT molecular complexity index is 702. The van der Waals surface area contributed by atoms with Gasteiger partial charge in [-0.15, -0.1) is 0 Å². The number of aromatic nitrogens is 2. The number of hydrogen-bond acceptors (Lipinski definition) is 4. The van der Waals surface area contributed by atoms with Crippen LogP contribution in [0.4, 0.5) is 0 Å². The van der Waals surface area contributed by atoms with Crippen LogP contribution in [0.2, 0.25) is 0 Å². The molecule has 1 aliphatic rings. The Balaban J connectivity index is 1.61. The maximum absolute atomic E-state index is 8.85. The van der Waals surface area contributed by atoms with Crippen LogP contribution in [0.25, 0.3) is 0 Å². The minimum absolute atomic E-state index is 0.338. The lowest BCUT2D eigenvalue weighted by atomic mass is 10.1. The number of benzene rings is 1. The van der Waals surface area contributed by atoms with Crippen LogP contribution >= 0.6 is 0 Å². The van der Waals surface area contributed by atoms with E-state index in [2.05, 4.69) is 22.1 Å². The molecule has 0 spiro atoms. The van der Waals surface area contributed by atoms with Crippen LogP contribution in [0.1, 0.15) is 29.2 Å². The highest BCUT2D eigenvalue weighted by atomic mass is 15.3. The highest BCUT2D eigenvalue weighted by Gasteiger charge is 2.24. The summed E-state index contributed by atoms with van der Waals surface area (Å²) in [6.07, 6.45) is 4.47. The summed E-state index contributed by atoms with van der Waals surface area (Å²) in [6.45, 7) is 2.84. The lowest BCUT2D eigenvalue weighted by molar-refractivity contribution is 0.311. The van der Waals surface area contributed by atoms with E-state index in [9.17, 15) is 0 Å². The normalized spacial score (nSPS) is 18.3. The predicted octanol–water partition coefficient (Wildman–Crippen LogP) is 2.07. The largest absolute Gasteiger partial charge is 0.297 e. The molecule has 0 amide bonds. The van der Waals surface area contributed by atoms with Gasteiger partial charge < -0.3 is 0 Å². The van der Waals surface area contributed by atoms with Crippen molar-refractivity contribution in [3.05, 3.63) is 53.3 Å². The van der Waals surface area contributed by atoms with Crippen molar-refractivity contribution < 1.29 is 0 Å². The molecule has 0 N–H and O–H groups in total. The number of likely N-dealkylation sites (tertiary alicyclic amines) is 1. The molecule has 5 nitrogen and oxygen atoms in total. The van der Waals surface area contributed by atoms with Crippen LogP contribution in [0.3, 0.4) is 0 Å². The molecule has 1 aromatic heterocycles. The highest BCUT2D eigenvalue weighted by Crippen LogP contribution is 2.22. The van der Waals surface area contributed by atoms with Crippen molar-refractivity contribution >= 4 is 0 Å². The summed E-state index contributed by atoms with van der Waals surface area (Å²) in [5.41, 5.74) is 2.52. The zero-order valence-corrected chi connectivity index (χ0v) is 11.6. The molecular formula is C16H15N5. The maximum atomic E-state index is 8.85. The molecular weight excluding hydrogens is 262 g/mol. The van der Waals surface area contributed by atoms with Crippen molar-refractivity contribution in [3.8, 4) is 12.1 Å². The van der Waals surface area contributed by atoms with Crippen molar-refractivity contribution in [2.24, 2.45) is 0 Å². The summed E-state index contributed by atoms with van der Waals surface area (Å²) in [6, 6.07) is 12.3. The number of rotatable bonds is 3. The molecule has 3 rings (SSSR count).